The average molecular weight is 239 g/mol. The van der Waals surface area contributed by atoms with Crippen LogP contribution in [0.2, 0.25) is 0 Å². The summed E-state index contributed by atoms with van der Waals surface area (Å²) in [5, 5.41) is 0. The second-order valence-electron chi connectivity index (χ2n) is 4.10. The van der Waals surface area contributed by atoms with Gasteiger partial charge in [0, 0.05) is 18.4 Å². The van der Waals surface area contributed by atoms with Gasteiger partial charge in [-0.3, -0.25) is 4.79 Å². The third-order valence-electron chi connectivity index (χ3n) is 2.79. The van der Waals surface area contributed by atoms with Crippen molar-refractivity contribution in [2.24, 2.45) is 5.92 Å². The van der Waals surface area contributed by atoms with Gasteiger partial charge in [-0.2, -0.15) is 0 Å². The third kappa shape index (κ3) is 2.46. The molecule has 0 bridgehead atoms. The standard InChI is InChI=1S/C11H13NO5/c1-7(8-2-3-10(14)17-8)6-9(13)12-4-5-16-11(12)15/h2-3,7-8H,4-6H2,1H3/t7-,8-/m0/s1. The van der Waals surface area contributed by atoms with Crippen LogP contribution in [0.25, 0.3) is 0 Å². The number of hydrogen-bond acceptors (Lipinski definition) is 5. The number of amides is 2. The lowest BCUT2D eigenvalue weighted by atomic mass is 10.0. The molecule has 1 fully saturated rings. The quantitative estimate of drug-likeness (QED) is 0.669. The van der Waals surface area contributed by atoms with Gasteiger partial charge in [-0.25, -0.2) is 14.5 Å². The van der Waals surface area contributed by atoms with Crippen LogP contribution in [0.1, 0.15) is 13.3 Å². The van der Waals surface area contributed by atoms with Crippen molar-refractivity contribution in [1.82, 2.24) is 4.90 Å². The summed E-state index contributed by atoms with van der Waals surface area (Å²) in [6.45, 7) is 2.34. The minimum atomic E-state index is -0.596. The Kier molecular flexibility index (Phi) is 3.12. The minimum absolute atomic E-state index is 0.150. The summed E-state index contributed by atoms with van der Waals surface area (Å²) in [7, 11) is 0. The van der Waals surface area contributed by atoms with Gasteiger partial charge in [0.25, 0.3) is 0 Å². The Morgan fingerprint density at radius 3 is 2.88 bits per heavy atom. The van der Waals surface area contributed by atoms with E-state index >= 15 is 0 Å². The number of imide groups is 1. The highest BCUT2D eigenvalue weighted by Crippen LogP contribution is 2.20. The highest BCUT2D eigenvalue weighted by atomic mass is 16.6. The van der Waals surface area contributed by atoms with Crippen LogP contribution in [-0.2, 0) is 19.1 Å². The Balaban J connectivity index is 1.88. The Bertz CT molecular complexity index is 389. The normalized spacial score (nSPS) is 24.8. The molecule has 0 unspecified atom stereocenters. The fraction of sp³-hybridized carbons (Fsp3) is 0.545. The van der Waals surface area contributed by atoms with Crippen LogP contribution in [0.5, 0.6) is 0 Å². The van der Waals surface area contributed by atoms with Crippen molar-refractivity contribution in [1.29, 1.82) is 0 Å². The highest BCUT2D eigenvalue weighted by molar-refractivity contribution is 5.93. The van der Waals surface area contributed by atoms with Crippen molar-refractivity contribution >= 4 is 18.0 Å². The van der Waals surface area contributed by atoms with E-state index in [2.05, 4.69) is 4.74 Å². The number of carbonyl (C=O) groups is 3. The Morgan fingerprint density at radius 1 is 1.59 bits per heavy atom. The Morgan fingerprint density at radius 2 is 2.35 bits per heavy atom. The maximum Gasteiger partial charge on any atom is 0.416 e. The van der Waals surface area contributed by atoms with E-state index in [1.807, 2.05) is 0 Å². The van der Waals surface area contributed by atoms with Crippen molar-refractivity contribution in [3.63, 3.8) is 0 Å². The summed E-state index contributed by atoms with van der Waals surface area (Å²) in [6.07, 6.45) is 2.14. The molecule has 0 aromatic heterocycles. The maximum atomic E-state index is 11.8. The van der Waals surface area contributed by atoms with Crippen LogP contribution >= 0.6 is 0 Å². The largest absolute Gasteiger partial charge is 0.455 e. The molecule has 2 aliphatic heterocycles. The lowest BCUT2D eigenvalue weighted by Gasteiger charge is -2.18. The number of rotatable bonds is 3. The van der Waals surface area contributed by atoms with E-state index in [4.69, 9.17) is 4.74 Å². The van der Waals surface area contributed by atoms with Crippen LogP contribution in [0.4, 0.5) is 4.79 Å². The van der Waals surface area contributed by atoms with Crippen molar-refractivity contribution < 1.29 is 23.9 Å². The van der Waals surface area contributed by atoms with Crippen molar-refractivity contribution in [2.75, 3.05) is 13.2 Å². The van der Waals surface area contributed by atoms with E-state index < -0.39 is 12.1 Å². The highest BCUT2D eigenvalue weighted by Gasteiger charge is 2.32. The summed E-state index contributed by atoms with van der Waals surface area (Å²) >= 11 is 0. The van der Waals surface area contributed by atoms with Gasteiger partial charge in [0.2, 0.25) is 5.91 Å². The number of nitrogens with zero attached hydrogens (tertiary/aromatic N) is 1. The molecule has 2 aliphatic rings. The smallest absolute Gasteiger partial charge is 0.416 e. The molecule has 0 saturated carbocycles. The van der Waals surface area contributed by atoms with Gasteiger partial charge in [-0.05, 0) is 6.08 Å². The van der Waals surface area contributed by atoms with Crippen LogP contribution in [0, 0.1) is 5.92 Å². The van der Waals surface area contributed by atoms with Crippen LogP contribution in [-0.4, -0.2) is 42.1 Å². The lowest BCUT2D eigenvalue weighted by Crippen LogP contribution is -2.34. The van der Waals surface area contributed by atoms with Gasteiger partial charge in [0.15, 0.2) is 0 Å². The van der Waals surface area contributed by atoms with Gasteiger partial charge in [-0.1, -0.05) is 6.92 Å². The van der Waals surface area contributed by atoms with Crippen molar-refractivity contribution in [2.45, 2.75) is 19.4 Å². The van der Waals surface area contributed by atoms with E-state index in [0.717, 1.165) is 4.90 Å². The van der Waals surface area contributed by atoms with E-state index in [9.17, 15) is 14.4 Å². The van der Waals surface area contributed by atoms with Crippen LogP contribution in [0.15, 0.2) is 12.2 Å². The molecule has 6 nitrogen and oxygen atoms in total. The lowest BCUT2D eigenvalue weighted by molar-refractivity contribution is -0.142. The molecule has 2 amide bonds. The molecular formula is C11H13NO5. The topological polar surface area (TPSA) is 72.9 Å². The molecule has 1 saturated heterocycles. The van der Waals surface area contributed by atoms with Gasteiger partial charge < -0.3 is 9.47 Å². The fourth-order valence-corrected chi connectivity index (χ4v) is 1.81. The molecule has 6 heteroatoms. The van der Waals surface area contributed by atoms with Crippen LogP contribution < -0.4 is 0 Å². The Hall–Kier alpha value is -1.85. The fourth-order valence-electron chi connectivity index (χ4n) is 1.81. The van der Waals surface area contributed by atoms with Gasteiger partial charge in [0.05, 0.1) is 6.54 Å². The molecule has 0 radical (unpaired) electrons. The zero-order valence-electron chi connectivity index (χ0n) is 9.42. The predicted octanol–water partition coefficient (Wildman–Crippen LogP) is 0.473. The first-order valence-corrected chi connectivity index (χ1v) is 5.44. The average Bonchev–Trinajstić information content (AvgIpc) is 2.86. The summed E-state index contributed by atoms with van der Waals surface area (Å²) in [5.41, 5.74) is 0. The zero-order chi connectivity index (χ0) is 12.4. The summed E-state index contributed by atoms with van der Waals surface area (Å²) in [6, 6.07) is 0. The zero-order valence-corrected chi connectivity index (χ0v) is 9.42. The summed E-state index contributed by atoms with van der Waals surface area (Å²) < 4.78 is 9.65. The number of esters is 1. The predicted molar refractivity (Wildman–Crippen MR) is 55.9 cm³/mol. The van der Waals surface area contributed by atoms with Crippen molar-refractivity contribution in [3.05, 3.63) is 12.2 Å². The summed E-state index contributed by atoms with van der Waals surface area (Å²) in [5.74, 6) is -0.843. The number of cyclic esters (lactones) is 2. The van der Waals surface area contributed by atoms with Gasteiger partial charge in [0.1, 0.15) is 12.7 Å². The summed E-state index contributed by atoms with van der Waals surface area (Å²) in [4.78, 5) is 34.9. The molecule has 17 heavy (non-hydrogen) atoms. The van der Waals surface area contributed by atoms with E-state index in [0.29, 0.717) is 6.54 Å². The van der Waals surface area contributed by atoms with Crippen molar-refractivity contribution in [3.8, 4) is 0 Å². The molecule has 2 heterocycles. The number of carbonyl (C=O) groups excluding carboxylic acids is 3. The molecule has 0 spiro atoms. The molecule has 0 aromatic carbocycles. The molecule has 0 N–H and O–H groups in total. The molecule has 92 valence electrons. The molecule has 2 rings (SSSR count). The monoisotopic (exact) mass is 239 g/mol. The maximum absolute atomic E-state index is 11.8. The Labute approximate surface area is 98.2 Å². The van der Waals surface area contributed by atoms with E-state index in [-0.39, 0.29) is 31.0 Å². The molecule has 0 aliphatic carbocycles. The van der Waals surface area contributed by atoms with Crippen LogP contribution in [0.3, 0.4) is 0 Å². The first kappa shape index (κ1) is 11.6. The molecule has 2 atom stereocenters. The molecule has 0 aromatic rings. The van der Waals surface area contributed by atoms with E-state index in [1.54, 1.807) is 13.0 Å². The first-order chi connectivity index (χ1) is 8.08. The first-order valence-electron chi connectivity index (χ1n) is 5.44. The second kappa shape index (κ2) is 4.57. The number of ether oxygens (including phenoxy) is 2. The van der Waals surface area contributed by atoms with Gasteiger partial charge in [-0.15, -0.1) is 0 Å². The second-order valence-corrected chi connectivity index (χ2v) is 4.10. The van der Waals surface area contributed by atoms with E-state index in [1.165, 1.54) is 6.08 Å². The molecular weight excluding hydrogens is 226 g/mol. The number of hydrogen-bond donors (Lipinski definition) is 0. The van der Waals surface area contributed by atoms with Gasteiger partial charge >= 0.3 is 12.1 Å². The minimum Gasteiger partial charge on any atom is -0.455 e. The SMILES string of the molecule is C[C@@H](CC(=O)N1CCOC1=O)[C@@H]1C=CC(=O)O1. The third-order valence-corrected chi connectivity index (χ3v) is 2.79.